The molecule has 0 spiro atoms. The van der Waals surface area contributed by atoms with E-state index in [4.69, 9.17) is 21.7 Å². The number of carbonyl (C=O) groups excluding carboxylic acids is 1. The van der Waals surface area contributed by atoms with E-state index in [-0.39, 0.29) is 11.9 Å². The quantitative estimate of drug-likeness (QED) is 0.289. The average molecular weight is 446 g/mol. The maximum atomic E-state index is 12.9. The lowest BCUT2D eigenvalue weighted by Gasteiger charge is -2.18. The molecule has 3 heterocycles. The number of nitrogens with zero attached hydrogens (tertiary/aromatic N) is 3. The van der Waals surface area contributed by atoms with Gasteiger partial charge in [0.05, 0.1) is 10.6 Å². The Morgan fingerprint density at radius 1 is 1.10 bits per heavy atom. The predicted molar refractivity (Wildman–Crippen MR) is 129 cm³/mol. The molecule has 1 amide bonds. The van der Waals surface area contributed by atoms with Crippen LogP contribution in [0.25, 0.3) is 34.2 Å². The third-order valence-corrected chi connectivity index (χ3v) is 6.38. The lowest BCUT2D eigenvalue weighted by atomic mass is 10.1. The molecule has 0 bridgehead atoms. The second-order valence-electron chi connectivity index (χ2n) is 7.51. The highest BCUT2D eigenvalue weighted by Gasteiger charge is 2.34. The van der Waals surface area contributed by atoms with Gasteiger partial charge in [-0.25, -0.2) is 4.68 Å². The number of amides is 1. The van der Waals surface area contributed by atoms with Gasteiger partial charge in [-0.05, 0) is 44.2 Å². The number of furan rings is 1. The Labute approximate surface area is 189 Å². The number of rotatable bonds is 4. The molecule has 1 fully saturated rings. The highest BCUT2D eigenvalue weighted by atomic mass is 32.2. The van der Waals surface area contributed by atoms with E-state index in [1.54, 1.807) is 9.58 Å². The molecule has 0 atom stereocenters. The number of carbonyl (C=O) groups is 1. The number of para-hydroxylation sites is 2. The molecular weight excluding hydrogens is 426 g/mol. The lowest BCUT2D eigenvalue weighted by molar-refractivity contribution is -0.123. The van der Waals surface area contributed by atoms with Crippen LogP contribution in [0.15, 0.2) is 76.2 Å². The first-order valence-electron chi connectivity index (χ1n) is 9.92. The summed E-state index contributed by atoms with van der Waals surface area (Å²) in [5, 5.41) is 5.80. The van der Waals surface area contributed by atoms with Crippen molar-refractivity contribution in [1.29, 1.82) is 0 Å². The summed E-state index contributed by atoms with van der Waals surface area (Å²) in [6.45, 7) is 3.92. The van der Waals surface area contributed by atoms with Gasteiger partial charge in [0, 0.05) is 23.2 Å². The largest absolute Gasteiger partial charge is 0.454 e. The molecule has 0 saturated carbocycles. The van der Waals surface area contributed by atoms with Crippen molar-refractivity contribution in [1.82, 2.24) is 14.7 Å². The molecule has 2 aromatic carbocycles. The number of aromatic nitrogens is 2. The summed E-state index contributed by atoms with van der Waals surface area (Å²) >= 11 is 6.75. The van der Waals surface area contributed by atoms with Crippen molar-refractivity contribution in [2.45, 2.75) is 19.9 Å². The Hall–Kier alpha value is -3.16. The fourth-order valence-electron chi connectivity index (χ4n) is 3.56. The maximum Gasteiger partial charge on any atom is 0.266 e. The van der Waals surface area contributed by atoms with E-state index < -0.39 is 0 Å². The van der Waals surface area contributed by atoms with Crippen molar-refractivity contribution in [3.63, 3.8) is 0 Å². The van der Waals surface area contributed by atoms with E-state index in [1.807, 2.05) is 86.8 Å². The number of hydrogen-bond donors (Lipinski definition) is 0. The van der Waals surface area contributed by atoms with Crippen LogP contribution in [0.4, 0.5) is 0 Å². The van der Waals surface area contributed by atoms with Crippen LogP contribution in [-0.2, 0) is 4.79 Å². The van der Waals surface area contributed by atoms with Crippen LogP contribution in [0.1, 0.15) is 19.4 Å². The normalized spacial score (nSPS) is 15.7. The molecule has 4 aromatic rings. The van der Waals surface area contributed by atoms with Crippen LogP contribution in [-0.4, -0.2) is 30.9 Å². The Morgan fingerprint density at radius 2 is 1.84 bits per heavy atom. The Balaban J connectivity index is 1.64. The second-order valence-corrected chi connectivity index (χ2v) is 9.18. The summed E-state index contributed by atoms with van der Waals surface area (Å²) in [5.41, 5.74) is 3.19. The summed E-state index contributed by atoms with van der Waals surface area (Å²) in [6, 6.07) is 19.7. The summed E-state index contributed by atoms with van der Waals surface area (Å²) in [5.74, 6) is 0.578. The van der Waals surface area contributed by atoms with Crippen LogP contribution in [0.2, 0.25) is 0 Å². The lowest BCUT2D eigenvalue weighted by Crippen LogP contribution is -2.34. The average Bonchev–Trinajstić information content (AvgIpc) is 3.44. The van der Waals surface area contributed by atoms with Crippen LogP contribution >= 0.6 is 24.0 Å². The number of thiocarbonyl (C=S) groups is 1. The van der Waals surface area contributed by atoms with Crippen molar-refractivity contribution >= 4 is 51.3 Å². The molecule has 0 N–H and O–H groups in total. The summed E-state index contributed by atoms with van der Waals surface area (Å²) in [6.07, 6.45) is 3.77. The first-order chi connectivity index (χ1) is 15.0. The zero-order chi connectivity index (χ0) is 21.5. The molecule has 1 aliphatic rings. The van der Waals surface area contributed by atoms with E-state index in [0.29, 0.717) is 20.7 Å². The standard InChI is InChI=1S/C24H19N3O2S2/c1-15(2)27-23(28)21(31-24(27)30)13-17-14-26(18-9-4-3-5-10-18)25-22(17)20-12-16-8-6-7-11-19(16)29-20/h3-15H,1-2H3. The number of thioether (sulfide) groups is 1. The van der Waals surface area contributed by atoms with Crippen LogP contribution in [0.5, 0.6) is 0 Å². The molecule has 1 aliphatic heterocycles. The SMILES string of the molecule is CC(C)N1C(=O)C(=Cc2cn(-c3ccccc3)nc2-c2cc3ccccc3o2)SC1=S. The third kappa shape index (κ3) is 3.60. The van der Waals surface area contributed by atoms with E-state index >= 15 is 0 Å². The second kappa shape index (κ2) is 7.83. The number of benzene rings is 2. The van der Waals surface area contributed by atoms with Crippen molar-refractivity contribution in [2.75, 3.05) is 0 Å². The van der Waals surface area contributed by atoms with Crippen LogP contribution in [0.3, 0.4) is 0 Å². The molecule has 0 radical (unpaired) electrons. The first-order valence-corrected chi connectivity index (χ1v) is 11.1. The fraction of sp³-hybridized carbons (Fsp3) is 0.125. The Morgan fingerprint density at radius 3 is 2.55 bits per heavy atom. The summed E-state index contributed by atoms with van der Waals surface area (Å²) in [7, 11) is 0. The Kier molecular flexibility index (Phi) is 5.00. The van der Waals surface area contributed by atoms with E-state index in [9.17, 15) is 4.79 Å². The zero-order valence-electron chi connectivity index (χ0n) is 17.0. The minimum atomic E-state index is -0.0759. The highest BCUT2D eigenvalue weighted by Crippen LogP contribution is 2.36. The molecule has 2 aromatic heterocycles. The van der Waals surface area contributed by atoms with Gasteiger partial charge in [-0.2, -0.15) is 5.10 Å². The van der Waals surface area contributed by atoms with Gasteiger partial charge in [-0.3, -0.25) is 9.69 Å². The maximum absolute atomic E-state index is 12.9. The molecular formula is C24H19N3O2S2. The Bertz CT molecular complexity index is 1300. The minimum absolute atomic E-state index is 0.0142. The number of fused-ring (bicyclic) bond motifs is 1. The molecule has 0 unspecified atom stereocenters. The van der Waals surface area contributed by atoms with Crippen molar-refractivity contribution < 1.29 is 9.21 Å². The first kappa shape index (κ1) is 19.8. The predicted octanol–water partition coefficient (Wildman–Crippen LogP) is 5.90. The van der Waals surface area contributed by atoms with E-state index in [1.165, 1.54) is 11.8 Å². The molecule has 7 heteroatoms. The van der Waals surface area contributed by atoms with Gasteiger partial charge in [-0.15, -0.1) is 0 Å². The molecule has 1 saturated heterocycles. The molecule has 0 aliphatic carbocycles. The van der Waals surface area contributed by atoms with Crippen molar-refractivity contribution in [3.05, 3.63) is 77.3 Å². The third-order valence-electron chi connectivity index (χ3n) is 5.05. The van der Waals surface area contributed by atoms with Crippen molar-refractivity contribution in [3.8, 4) is 17.1 Å². The number of hydrogen-bond acceptors (Lipinski definition) is 5. The van der Waals surface area contributed by atoms with E-state index in [2.05, 4.69) is 0 Å². The summed E-state index contributed by atoms with van der Waals surface area (Å²) < 4.78 is 8.46. The van der Waals surface area contributed by atoms with Crippen LogP contribution in [0, 0.1) is 0 Å². The van der Waals surface area contributed by atoms with Gasteiger partial charge in [0.15, 0.2) is 5.76 Å². The van der Waals surface area contributed by atoms with Crippen LogP contribution < -0.4 is 0 Å². The van der Waals surface area contributed by atoms with Crippen molar-refractivity contribution in [2.24, 2.45) is 0 Å². The van der Waals surface area contributed by atoms with Gasteiger partial charge in [-0.1, -0.05) is 60.4 Å². The minimum Gasteiger partial charge on any atom is -0.454 e. The fourth-order valence-corrected chi connectivity index (χ4v) is 5.08. The zero-order valence-corrected chi connectivity index (χ0v) is 18.6. The highest BCUT2D eigenvalue weighted by molar-refractivity contribution is 8.26. The van der Waals surface area contributed by atoms with Gasteiger partial charge >= 0.3 is 0 Å². The topological polar surface area (TPSA) is 51.3 Å². The van der Waals surface area contributed by atoms with Gasteiger partial charge in [0.25, 0.3) is 5.91 Å². The molecule has 5 rings (SSSR count). The monoisotopic (exact) mass is 445 g/mol. The van der Waals surface area contributed by atoms with Gasteiger partial charge in [0.1, 0.15) is 15.6 Å². The van der Waals surface area contributed by atoms with E-state index in [0.717, 1.165) is 22.2 Å². The summed E-state index contributed by atoms with van der Waals surface area (Å²) in [4.78, 5) is 15.2. The van der Waals surface area contributed by atoms with Gasteiger partial charge < -0.3 is 4.42 Å². The molecule has 154 valence electrons. The smallest absolute Gasteiger partial charge is 0.266 e. The molecule has 5 nitrogen and oxygen atoms in total. The molecule has 31 heavy (non-hydrogen) atoms. The van der Waals surface area contributed by atoms with Gasteiger partial charge in [0.2, 0.25) is 0 Å².